The molecule has 1 aromatic carbocycles. The highest BCUT2D eigenvalue weighted by Crippen LogP contribution is 2.23. The molecule has 0 bridgehead atoms. The molecule has 0 spiro atoms. The van der Waals surface area contributed by atoms with Gasteiger partial charge in [-0.15, -0.1) is 13.2 Å². The quantitative estimate of drug-likeness (QED) is 0.794. The Balaban J connectivity index is 1.83. The summed E-state index contributed by atoms with van der Waals surface area (Å²) in [6.07, 6.45) is -3.94. The van der Waals surface area contributed by atoms with Crippen molar-refractivity contribution in [3.05, 3.63) is 29.8 Å². The van der Waals surface area contributed by atoms with Gasteiger partial charge in [-0.1, -0.05) is 12.1 Å². The normalized spacial score (nSPS) is 17.9. The summed E-state index contributed by atoms with van der Waals surface area (Å²) >= 11 is 0. The predicted molar refractivity (Wildman–Crippen MR) is 86.2 cm³/mol. The summed E-state index contributed by atoms with van der Waals surface area (Å²) in [6.45, 7) is 1.38. The molecule has 0 radical (unpaired) electrons. The van der Waals surface area contributed by atoms with Gasteiger partial charge in [0.2, 0.25) is 11.8 Å². The fourth-order valence-corrected chi connectivity index (χ4v) is 2.69. The molecule has 1 atom stereocenters. The van der Waals surface area contributed by atoms with Crippen molar-refractivity contribution in [1.82, 2.24) is 10.2 Å². The monoisotopic (exact) mass is 374 g/mol. The largest absolute Gasteiger partial charge is 0.573 e. The molecule has 0 aromatic heterocycles. The van der Waals surface area contributed by atoms with Crippen molar-refractivity contribution in [1.29, 1.82) is 0 Å². The summed E-state index contributed by atoms with van der Waals surface area (Å²) in [5.41, 5.74) is 0.649. The number of likely N-dealkylation sites (tertiary alicyclic amines) is 1. The number of piperidine rings is 1. The molecule has 1 fully saturated rings. The first-order valence-corrected chi connectivity index (χ1v) is 8.17. The van der Waals surface area contributed by atoms with Gasteiger partial charge in [0, 0.05) is 33.2 Å². The van der Waals surface area contributed by atoms with Crippen LogP contribution in [-0.2, 0) is 20.9 Å². The molecular formula is C17H21F3N2O4. The van der Waals surface area contributed by atoms with E-state index in [0.717, 1.165) is 0 Å². The van der Waals surface area contributed by atoms with E-state index in [1.165, 1.54) is 24.3 Å². The van der Waals surface area contributed by atoms with Crippen LogP contribution in [0.1, 0.15) is 18.4 Å². The number of carbonyl (C=O) groups excluding carboxylic acids is 2. The smallest absolute Gasteiger partial charge is 0.406 e. The summed E-state index contributed by atoms with van der Waals surface area (Å²) in [6, 6.07) is 5.30. The Bertz CT molecular complexity index is 619. The van der Waals surface area contributed by atoms with Crippen LogP contribution in [0.25, 0.3) is 0 Å². The van der Waals surface area contributed by atoms with Crippen LogP contribution in [0.5, 0.6) is 5.75 Å². The minimum Gasteiger partial charge on any atom is -0.406 e. The zero-order valence-electron chi connectivity index (χ0n) is 14.3. The maximum Gasteiger partial charge on any atom is 0.573 e. The lowest BCUT2D eigenvalue weighted by Crippen LogP contribution is -2.46. The fraction of sp³-hybridized carbons (Fsp3) is 0.529. The Hall–Kier alpha value is -2.29. The van der Waals surface area contributed by atoms with Crippen LogP contribution < -0.4 is 10.1 Å². The maximum absolute atomic E-state index is 12.3. The number of nitrogens with one attached hydrogen (secondary N) is 1. The van der Waals surface area contributed by atoms with Crippen molar-refractivity contribution in [2.24, 2.45) is 5.92 Å². The average Bonchev–Trinajstić information content (AvgIpc) is 2.59. The maximum atomic E-state index is 12.3. The third kappa shape index (κ3) is 6.21. The van der Waals surface area contributed by atoms with Crippen molar-refractivity contribution in [2.75, 3.05) is 26.8 Å². The van der Waals surface area contributed by atoms with Gasteiger partial charge >= 0.3 is 6.36 Å². The number of ether oxygens (including phenoxy) is 2. The molecule has 1 aliphatic rings. The van der Waals surface area contributed by atoms with E-state index in [4.69, 9.17) is 4.74 Å². The van der Waals surface area contributed by atoms with Crippen LogP contribution >= 0.6 is 0 Å². The first kappa shape index (κ1) is 20.0. The Kier molecular flexibility index (Phi) is 6.84. The number of rotatable bonds is 7. The number of benzene rings is 1. The number of alkyl halides is 3. The summed E-state index contributed by atoms with van der Waals surface area (Å²) in [4.78, 5) is 25.7. The Morgan fingerprint density at radius 2 is 2.00 bits per heavy atom. The number of hydrogen-bond donors (Lipinski definition) is 1. The van der Waals surface area contributed by atoms with Crippen LogP contribution in [0.4, 0.5) is 13.2 Å². The van der Waals surface area contributed by atoms with Gasteiger partial charge in [0.25, 0.3) is 0 Å². The SMILES string of the molecule is COCCN1C[C@H](C(=O)NCc2ccc(OC(F)(F)F)cc2)CCC1=O. The van der Waals surface area contributed by atoms with Gasteiger partial charge in [0.1, 0.15) is 5.75 Å². The van der Waals surface area contributed by atoms with Gasteiger partial charge in [0.15, 0.2) is 0 Å². The highest BCUT2D eigenvalue weighted by Gasteiger charge is 2.31. The fourth-order valence-electron chi connectivity index (χ4n) is 2.69. The first-order chi connectivity index (χ1) is 12.3. The number of hydrogen-bond acceptors (Lipinski definition) is 4. The zero-order valence-corrected chi connectivity index (χ0v) is 14.3. The van der Waals surface area contributed by atoms with Gasteiger partial charge in [-0.25, -0.2) is 0 Å². The Morgan fingerprint density at radius 1 is 1.31 bits per heavy atom. The average molecular weight is 374 g/mol. The van der Waals surface area contributed by atoms with Gasteiger partial charge in [0.05, 0.1) is 12.5 Å². The third-order valence-corrected chi connectivity index (χ3v) is 4.06. The number of carbonyl (C=O) groups is 2. The van der Waals surface area contributed by atoms with Crippen molar-refractivity contribution in [3.8, 4) is 5.75 Å². The molecule has 0 saturated carbocycles. The molecule has 2 rings (SSSR count). The standard InChI is InChI=1S/C17H21F3N2O4/c1-25-9-8-22-11-13(4-7-15(22)23)16(24)21-10-12-2-5-14(6-3-12)26-17(18,19)20/h2-3,5-6,13H,4,7-11H2,1H3,(H,21,24)/t13-/m1/s1. The number of halogens is 3. The number of nitrogens with zero attached hydrogens (tertiary/aromatic N) is 1. The second-order valence-electron chi connectivity index (χ2n) is 5.98. The van der Waals surface area contributed by atoms with Crippen molar-refractivity contribution in [3.63, 3.8) is 0 Å². The Labute approximate surface area is 149 Å². The van der Waals surface area contributed by atoms with Crippen molar-refractivity contribution < 1.29 is 32.2 Å². The van der Waals surface area contributed by atoms with E-state index in [9.17, 15) is 22.8 Å². The minimum atomic E-state index is -4.73. The van der Waals surface area contributed by atoms with E-state index in [1.807, 2.05) is 0 Å². The van der Waals surface area contributed by atoms with Gasteiger partial charge in [-0.3, -0.25) is 9.59 Å². The number of methoxy groups -OCH3 is 1. The van der Waals surface area contributed by atoms with Crippen molar-refractivity contribution >= 4 is 11.8 Å². The molecule has 1 aromatic rings. The molecule has 0 aliphatic carbocycles. The van der Waals surface area contributed by atoms with E-state index < -0.39 is 6.36 Å². The summed E-state index contributed by atoms with van der Waals surface area (Å²) in [7, 11) is 1.55. The second-order valence-corrected chi connectivity index (χ2v) is 5.98. The zero-order chi connectivity index (χ0) is 19.2. The van der Waals surface area contributed by atoms with Gasteiger partial charge < -0.3 is 19.7 Å². The van der Waals surface area contributed by atoms with E-state index in [0.29, 0.717) is 38.1 Å². The van der Waals surface area contributed by atoms with Crippen LogP contribution in [0.2, 0.25) is 0 Å². The molecular weight excluding hydrogens is 353 g/mol. The lowest BCUT2D eigenvalue weighted by Gasteiger charge is -2.31. The molecule has 9 heteroatoms. The second kappa shape index (κ2) is 8.88. The lowest BCUT2D eigenvalue weighted by atomic mass is 9.96. The predicted octanol–water partition coefficient (Wildman–Crippen LogP) is 2.09. The highest BCUT2D eigenvalue weighted by atomic mass is 19.4. The Morgan fingerprint density at radius 3 is 2.62 bits per heavy atom. The molecule has 26 heavy (non-hydrogen) atoms. The molecule has 1 saturated heterocycles. The third-order valence-electron chi connectivity index (χ3n) is 4.06. The van der Waals surface area contributed by atoms with E-state index in [1.54, 1.807) is 12.0 Å². The van der Waals surface area contributed by atoms with E-state index >= 15 is 0 Å². The van der Waals surface area contributed by atoms with E-state index in [-0.39, 0.29) is 30.0 Å². The summed E-state index contributed by atoms with van der Waals surface area (Å²) in [5.74, 6) is -0.800. The summed E-state index contributed by atoms with van der Waals surface area (Å²) in [5, 5.41) is 2.76. The molecule has 6 nitrogen and oxygen atoms in total. The van der Waals surface area contributed by atoms with Crippen LogP contribution in [0.15, 0.2) is 24.3 Å². The van der Waals surface area contributed by atoms with Crippen molar-refractivity contribution in [2.45, 2.75) is 25.7 Å². The number of amides is 2. The lowest BCUT2D eigenvalue weighted by molar-refractivity contribution is -0.274. The molecule has 144 valence electrons. The molecule has 1 heterocycles. The van der Waals surface area contributed by atoms with Crippen LogP contribution in [0, 0.1) is 5.92 Å². The van der Waals surface area contributed by atoms with Gasteiger partial charge in [-0.05, 0) is 24.1 Å². The van der Waals surface area contributed by atoms with E-state index in [2.05, 4.69) is 10.1 Å². The molecule has 0 unspecified atom stereocenters. The molecule has 1 N–H and O–H groups in total. The molecule has 2 amide bonds. The topological polar surface area (TPSA) is 67.9 Å². The molecule has 1 aliphatic heterocycles. The van der Waals surface area contributed by atoms with Crippen LogP contribution in [-0.4, -0.2) is 49.9 Å². The minimum absolute atomic E-state index is 0.00588. The van der Waals surface area contributed by atoms with Gasteiger partial charge in [-0.2, -0.15) is 0 Å². The highest BCUT2D eigenvalue weighted by molar-refractivity contribution is 5.83. The first-order valence-electron chi connectivity index (χ1n) is 8.17. The van der Waals surface area contributed by atoms with Crippen LogP contribution in [0.3, 0.4) is 0 Å². The summed E-state index contributed by atoms with van der Waals surface area (Å²) < 4.78 is 45.1.